The number of ether oxygens (including phenoxy) is 1. The van der Waals surface area contributed by atoms with Crippen molar-refractivity contribution < 1.29 is 14.3 Å². The Morgan fingerprint density at radius 2 is 1.89 bits per heavy atom. The summed E-state index contributed by atoms with van der Waals surface area (Å²) in [5, 5.41) is 5.74. The number of thioether (sulfide) groups is 1. The fraction of sp³-hybridized carbons (Fsp3) is 0.833. The van der Waals surface area contributed by atoms with Crippen LogP contribution >= 0.6 is 11.8 Å². The Hall–Kier alpha value is -0.790. The van der Waals surface area contributed by atoms with Crippen molar-refractivity contribution in [3.8, 4) is 0 Å². The maximum atomic E-state index is 11.6. The largest absolute Gasteiger partial charge is 0.379 e. The number of nitrogens with zero attached hydrogens (tertiary/aromatic N) is 1. The molecule has 1 saturated heterocycles. The summed E-state index contributed by atoms with van der Waals surface area (Å²) >= 11 is 1.63. The molecule has 1 atom stereocenters. The van der Waals surface area contributed by atoms with Crippen molar-refractivity contribution in [1.29, 1.82) is 0 Å². The minimum absolute atomic E-state index is 0.00969. The van der Waals surface area contributed by atoms with Gasteiger partial charge in [-0.3, -0.25) is 14.5 Å². The highest BCUT2D eigenvalue weighted by molar-refractivity contribution is 8.00. The van der Waals surface area contributed by atoms with Gasteiger partial charge in [0.25, 0.3) is 0 Å². The van der Waals surface area contributed by atoms with Crippen LogP contribution in [0.2, 0.25) is 0 Å². The molecule has 2 amide bonds. The zero-order valence-corrected chi connectivity index (χ0v) is 12.4. The van der Waals surface area contributed by atoms with Gasteiger partial charge in [0.15, 0.2) is 0 Å². The number of carbonyl (C=O) groups excluding carboxylic acids is 2. The summed E-state index contributed by atoms with van der Waals surface area (Å²) in [6, 6.07) is 0. The van der Waals surface area contributed by atoms with E-state index in [9.17, 15) is 9.59 Å². The molecule has 19 heavy (non-hydrogen) atoms. The summed E-state index contributed by atoms with van der Waals surface area (Å²) < 4.78 is 5.30. The standard InChI is InChI=1S/C12H23N3O3S/c1-10(16)13-3-4-14-12(17)9-19-11(2)15-5-7-18-8-6-15/h11H,3-9H2,1-2H3,(H,13,16)(H,14,17). The molecule has 2 N–H and O–H groups in total. The van der Waals surface area contributed by atoms with Crippen molar-refractivity contribution in [3.63, 3.8) is 0 Å². The summed E-state index contributed by atoms with van der Waals surface area (Å²) in [6.45, 7) is 7.93. The summed E-state index contributed by atoms with van der Waals surface area (Å²) in [5.74, 6) is 0.374. The third-order valence-electron chi connectivity index (χ3n) is 2.84. The predicted molar refractivity (Wildman–Crippen MR) is 76.0 cm³/mol. The van der Waals surface area contributed by atoms with E-state index in [1.807, 2.05) is 0 Å². The molecule has 0 spiro atoms. The summed E-state index contributed by atoms with van der Waals surface area (Å²) in [4.78, 5) is 24.5. The van der Waals surface area contributed by atoms with Crippen LogP contribution in [-0.4, -0.2) is 67.2 Å². The summed E-state index contributed by atoms with van der Waals surface area (Å²) in [5.41, 5.74) is 0. The van der Waals surface area contributed by atoms with E-state index < -0.39 is 0 Å². The SMILES string of the molecule is CC(=O)NCCNC(=O)CSC(C)N1CCOCC1. The first-order valence-electron chi connectivity index (χ1n) is 6.54. The van der Waals surface area contributed by atoms with Crippen LogP contribution in [0.3, 0.4) is 0 Å². The lowest BCUT2D eigenvalue weighted by molar-refractivity contribution is -0.120. The van der Waals surface area contributed by atoms with Gasteiger partial charge in [-0.2, -0.15) is 0 Å². The van der Waals surface area contributed by atoms with E-state index in [0.29, 0.717) is 24.2 Å². The molecule has 0 aromatic carbocycles. The number of nitrogens with one attached hydrogen (secondary N) is 2. The van der Waals surface area contributed by atoms with Gasteiger partial charge >= 0.3 is 0 Å². The van der Waals surface area contributed by atoms with Crippen LogP contribution in [0.1, 0.15) is 13.8 Å². The lowest BCUT2D eigenvalue weighted by Crippen LogP contribution is -2.41. The van der Waals surface area contributed by atoms with Crippen LogP contribution in [0.4, 0.5) is 0 Å². The van der Waals surface area contributed by atoms with Crippen molar-refractivity contribution >= 4 is 23.6 Å². The molecule has 0 aromatic heterocycles. The molecule has 0 aromatic rings. The van der Waals surface area contributed by atoms with Crippen molar-refractivity contribution in [1.82, 2.24) is 15.5 Å². The van der Waals surface area contributed by atoms with Gasteiger partial charge in [0.2, 0.25) is 11.8 Å². The second-order valence-electron chi connectivity index (χ2n) is 4.39. The quantitative estimate of drug-likeness (QED) is 0.627. The Labute approximate surface area is 118 Å². The topological polar surface area (TPSA) is 70.7 Å². The normalized spacial score (nSPS) is 17.8. The van der Waals surface area contributed by atoms with Gasteiger partial charge in [-0.15, -0.1) is 11.8 Å². The second-order valence-corrected chi connectivity index (χ2v) is 5.70. The molecule has 1 fully saturated rings. The van der Waals surface area contributed by atoms with Crippen molar-refractivity contribution in [2.45, 2.75) is 19.2 Å². The zero-order chi connectivity index (χ0) is 14.1. The molecule has 7 heteroatoms. The van der Waals surface area contributed by atoms with Gasteiger partial charge < -0.3 is 15.4 Å². The molecule has 1 heterocycles. The minimum Gasteiger partial charge on any atom is -0.379 e. The van der Waals surface area contributed by atoms with E-state index in [1.54, 1.807) is 11.8 Å². The first kappa shape index (κ1) is 16.3. The van der Waals surface area contributed by atoms with Crippen LogP contribution in [0.15, 0.2) is 0 Å². The van der Waals surface area contributed by atoms with Crippen molar-refractivity contribution in [2.75, 3.05) is 45.1 Å². The summed E-state index contributed by atoms with van der Waals surface area (Å²) in [6.07, 6.45) is 0. The second kappa shape index (κ2) is 9.17. The highest BCUT2D eigenvalue weighted by Gasteiger charge is 2.17. The maximum absolute atomic E-state index is 11.6. The average molecular weight is 289 g/mol. The van der Waals surface area contributed by atoms with E-state index in [-0.39, 0.29) is 11.8 Å². The molecule has 110 valence electrons. The lowest BCUT2D eigenvalue weighted by Gasteiger charge is -2.31. The third-order valence-corrected chi connectivity index (χ3v) is 4.05. The van der Waals surface area contributed by atoms with E-state index >= 15 is 0 Å². The Morgan fingerprint density at radius 3 is 2.53 bits per heavy atom. The van der Waals surface area contributed by atoms with Crippen molar-refractivity contribution in [2.24, 2.45) is 0 Å². The van der Waals surface area contributed by atoms with Gasteiger partial charge in [-0.1, -0.05) is 0 Å². The molecule has 0 bridgehead atoms. The number of amides is 2. The molecule has 0 saturated carbocycles. The Morgan fingerprint density at radius 1 is 1.26 bits per heavy atom. The maximum Gasteiger partial charge on any atom is 0.230 e. The monoisotopic (exact) mass is 289 g/mol. The molecule has 1 aliphatic heterocycles. The van der Waals surface area contributed by atoms with Gasteiger partial charge in [-0.05, 0) is 6.92 Å². The first-order chi connectivity index (χ1) is 9.09. The highest BCUT2D eigenvalue weighted by atomic mass is 32.2. The Bertz CT molecular complexity index is 296. The first-order valence-corrected chi connectivity index (χ1v) is 7.59. The zero-order valence-electron chi connectivity index (χ0n) is 11.6. The molecule has 0 aliphatic carbocycles. The van der Waals surface area contributed by atoms with Crippen LogP contribution in [0.25, 0.3) is 0 Å². The number of carbonyl (C=O) groups is 2. The van der Waals surface area contributed by atoms with E-state index in [0.717, 1.165) is 26.3 Å². The molecular formula is C12H23N3O3S. The van der Waals surface area contributed by atoms with E-state index in [4.69, 9.17) is 4.74 Å². The number of hydrogen-bond donors (Lipinski definition) is 2. The number of rotatable bonds is 7. The Kier molecular flexibility index (Phi) is 7.85. The molecule has 6 nitrogen and oxygen atoms in total. The molecule has 0 radical (unpaired) electrons. The van der Waals surface area contributed by atoms with Crippen LogP contribution in [0, 0.1) is 0 Å². The number of hydrogen-bond acceptors (Lipinski definition) is 5. The minimum atomic E-state index is -0.0791. The Balaban J connectivity index is 2.06. The molecule has 1 aliphatic rings. The van der Waals surface area contributed by atoms with E-state index in [1.165, 1.54) is 6.92 Å². The van der Waals surface area contributed by atoms with Crippen molar-refractivity contribution in [3.05, 3.63) is 0 Å². The smallest absolute Gasteiger partial charge is 0.230 e. The van der Waals surface area contributed by atoms with Gasteiger partial charge in [0.05, 0.1) is 24.3 Å². The fourth-order valence-corrected chi connectivity index (χ4v) is 2.65. The van der Waals surface area contributed by atoms with Crippen LogP contribution in [-0.2, 0) is 14.3 Å². The van der Waals surface area contributed by atoms with Crippen LogP contribution < -0.4 is 10.6 Å². The average Bonchev–Trinajstić information content (AvgIpc) is 2.41. The molecule has 1 unspecified atom stereocenters. The third kappa shape index (κ3) is 7.39. The predicted octanol–water partition coefficient (Wildman–Crippen LogP) is -0.350. The highest BCUT2D eigenvalue weighted by Crippen LogP contribution is 2.16. The lowest BCUT2D eigenvalue weighted by atomic mass is 10.4. The van der Waals surface area contributed by atoms with Gasteiger partial charge in [-0.25, -0.2) is 0 Å². The number of morpholine rings is 1. The van der Waals surface area contributed by atoms with Gasteiger partial charge in [0, 0.05) is 33.1 Å². The molecular weight excluding hydrogens is 266 g/mol. The van der Waals surface area contributed by atoms with E-state index in [2.05, 4.69) is 22.5 Å². The fourth-order valence-electron chi connectivity index (χ4n) is 1.73. The molecule has 1 rings (SSSR count). The van der Waals surface area contributed by atoms with Gasteiger partial charge in [0.1, 0.15) is 0 Å². The van der Waals surface area contributed by atoms with Crippen LogP contribution in [0.5, 0.6) is 0 Å². The summed E-state index contributed by atoms with van der Waals surface area (Å²) in [7, 11) is 0.